The van der Waals surface area contributed by atoms with Crippen molar-refractivity contribution in [3.8, 4) is 5.75 Å². The van der Waals surface area contributed by atoms with Gasteiger partial charge in [0.05, 0.1) is 5.52 Å². The molecule has 2 aliphatic rings. The summed E-state index contributed by atoms with van der Waals surface area (Å²) in [6, 6.07) is 20.2. The smallest absolute Gasteiger partial charge is 0.280 e. The molecular formula is C28H21N3O3Si. The van der Waals surface area contributed by atoms with Crippen LogP contribution in [0.4, 0.5) is 0 Å². The second kappa shape index (κ2) is 7.58. The number of phenols is 1. The van der Waals surface area contributed by atoms with Gasteiger partial charge in [-0.15, -0.1) is 5.10 Å². The summed E-state index contributed by atoms with van der Waals surface area (Å²) in [6.07, 6.45) is 5.15. The molecule has 170 valence electrons. The third-order valence-corrected chi connectivity index (χ3v) is 10.4. The van der Waals surface area contributed by atoms with Gasteiger partial charge in [0.1, 0.15) is 19.3 Å². The first-order valence-corrected chi connectivity index (χ1v) is 14.3. The van der Waals surface area contributed by atoms with Crippen LogP contribution in [-0.2, 0) is 4.79 Å². The van der Waals surface area contributed by atoms with Gasteiger partial charge in [-0.25, -0.2) is 0 Å². The lowest BCUT2D eigenvalue weighted by atomic mass is 9.87. The quantitative estimate of drug-likeness (QED) is 0.440. The van der Waals surface area contributed by atoms with Crippen LogP contribution in [0.3, 0.4) is 0 Å². The van der Waals surface area contributed by atoms with Crippen LogP contribution in [0.25, 0.3) is 16.6 Å². The molecule has 1 aliphatic heterocycles. The normalized spacial score (nSPS) is 16.2. The van der Waals surface area contributed by atoms with E-state index in [9.17, 15) is 14.7 Å². The summed E-state index contributed by atoms with van der Waals surface area (Å²) < 4.78 is 1.33. The molecule has 0 amide bonds. The highest BCUT2D eigenvalue weighted by Crippen LogP contribution is 2.42. The number of allylic oxidation sites excluding steroid dienone is 5. The zero-order chi connectivity index (χ0) is 24.3. The number of aromatic hydroxyl groups is 1. The first kappa shape index (κ1) is 21.2. The number of carbonyl (C=O) groups is 2. The molecule has 0 saturated carbocycles. The van der Waals surface area contributed by atoms with E-state index < -0.39 is 8.07 Å². The summed E-state index contributed by atoms with van der Waals surface area (Å²) in [5.74, 6) is -0.152. The molecule has 0 fully saturated rings. The van der Waals surface area contributed by atoms with E-state index in [1.165, 1.54) is 4.68 Å². The number of rotatable bonds is 2. The van der Waals surface area contributed by atoms with Crippen LogP contribution in [0.1, 0.15) is 21.5 Å². The van der Waals surface area contributed by atoms with E-state index in [0.29, 0.717) is 16.6 Å². The molecule has 0 radical (unpaired) electrons. The maximum absolute atomic E-state index is 13.8. The van der Waals surface area contributed by atoms with Crippen molar-refractivity contribution in [1.29, 1.82) is 0 Å². The number of benzene rings is 3. The van der Waals surface area contributed by atoms with Crippen LogP contribution in [0.2, 0.25) is 13.1 Å². The molecule has 1 aliphatic carbocycles. The van der Waals surface area contributed by atoms with Gasteiger partial charge in [-0.2, -0.15) is 4.68 Å². The van der Waals surface area contributed by atoms with E-state index in [4.69, 9.17) is 0 Å². The number of fused-ring (bicyclic) bond motifs is 3. The summed E-state index contributed by atoms with van der Waals surface area (Å²) in [5.41, 5.74) is 5.29. The first-order valence-electron chi connectivity index (χ1n) is 11.3. The number of hydrogen-bond acceptors (Lipinski definition) is 5. The minimum Gasteiger partial charge on any atom is -0.508 e. The van der Waals surface area contributed by atoms with Gasteiger partial charge in [0.15, 0.2) is 5.78 Å². The van der Waals surface area contributed by atoms with E-state index in [1.54, 1.807) is 30.4 Å². The summed E-state index contributed by atoms with van der Waals surface area (Å²) >= 11 is 0. The molecule has 0 bridgehead atoms. The summed E-state index contributed by atoms with van der Waals surface area (Å²) in [5, 5.41) is 20.6. The monoisotopic (exact) mass is 475 g/mol. The van der Waals surface area contributed by atoms with Crippen LogP contribution in [0.5, 0.6) is 5.75 Å². The number of phenolic OH excluding ortho intramolecular Hbond substituents is 1. The lowest BCUT2D eigenvalue weighted by molar-refractivity contribution is -0.110. The standard InChI is InChI=1S/C28H21N3O3Si/c1-35(2)25-15-17(32)11-13-21(25)27(22-14-12-18(33)16-26(22)35)19-7-3-4-8-20(19)28(34)31-24-10-6-5-9-23(24)29-30-31/h3-16,32H,1-2H3. The lowest BCUT2D eigenvalue weighted by Crippen LogP contribution is -2.49. The Balaban J connectivity index is 1.64. The van der Waals surface area contributed by atoms with Crippen molar-refractivity contribution >= 4 is 41.6 Å². The molecule has 7 heteroatoms. The zero-order valence-corrected chi connectivity index (χ0v) is 20.2. The Morgan fingerprint density at radius 2 is 1.71 bits per heavy atom. The molecule has 0 spiro atoms. The Hall–Kier alpha value is -4.36. The van der Waals surface area contributed by atoms with Crippen LogP contribution < -0.4 is 5.19 Å². The largest absolute Gasteiger partial charge is 0.508 e. The molecule has 2 heterocycles. The second-order valence-electron chi connectivity index (χ2n) is 9.28. The maximum atomic E-state index is 13.8. The van der Waals surface area contributed by atoms with Crippen molar-refractivity contribution in [2.75, 3.05) is 0 Å². The molecule has 35 heavy (non-hydrogen) atoms. The fraction of sp³-hybridized carbons (Fsp3) is 0.0714. The molecule has 6 nitrogen and oxygen atoms in total. The summed E-state index contributed by atoms with van der Waals surface area (Å²) in [7, 11) is -2.30. The van der Waals surface area contributed by atoms with Gasteiger partial charge in [-0.3, -0.25) is 9.59 Å². The summed E-state index contributed by atoms with van der Waals surface area (Å²) in [4.78, 5) is 26.2. The number of hydrogen-bond donors (Lipinski definition) is 1. The van der Waals surface area contributed by atoms with Gasteiger partial charge in [0.2, 0.25) is 0 Å². The minimum absolute atomic E-state index is 0.0503. The van der Waals surface area contributed by atoms with Gasteiger partial charge < -0.3 is 5.11 Å². The third kappa shape index (κ3) is 3.16. The molecule has 6 rings (SSSR count). The third-order valence-electron chi connectivity index (χ3n) is 6.85. The van der Waals surface area contributed by atoms with E-state index in [0.717, 1.165) is 32.7 Å². The predicted octanol–water partition coefficient (Wildman–Crippen LogP) is 4.16. The molecular weight excluding hydrogens is 454 g/mol. The van der Waals surface area contributed by atoms with Crippen LogP contribution in [0.15, 0.2) is 95.7 Å². The van der Waals surface area contributed by atoms with Crippen LogP contribution in [0, 0.1) is 0 Å². The highest BCUT2D eigenvalue weighted by Gasteiger charge is 2.40. The zero-order valence-electron chi connectivity index (χ0n) is 19.2. The topological polar surface area (TPSA) is 85.1 Å². The Morgan fingerprint density at radius 3 is 2.57 bits per heavy atom. The Bertz CT molecular complexity index is 1670. The second-order valence-corrected chi connectivity index (χ2v) is 13.6. The van der Waals surface area contributed by atoms with Gasteiger partial charge in [0, 0.05) is 5.56 Å². The van der Waals surface area contributed by atoms with E-state index in [-0.39, 0.29) is 17.4 Å². The maximum Gasteiger partial charge on any atom is 0.280 e. The molecule has 1 aromatic heterocycles. The van der Waals surface area contributed by atoms with Crippen molar-refractivity contribution in [2.24, 2.45) is 0 Å². The number of aromatic nitrogens is 3. The van der Waals surface area contributed by atoms with Crippen molar-refractivity contribution in [3.63, 3.8) is 0 Å². The molecule has 0 saturated heterocycles. The Labute approximate surface area is 202 Å². The van der Waals surface area contributed by atoms with Gasteiger partial charge in [0.25, 0.3) is 5.91 Å². The van der Waals surface area contributed by atoms with Gasteiger partial charge >= 0.3 is 0 Å². The fourth-order valence-electron chi connectivity index (χ4n) is 5.13. The average molecular weight is 476 g/mol. The van der Waals surface area contributed by atoms with Gasteiger partial charge in [-0.1, -0.05) is 60.8 Å². The van der Waals surface area contributed by atoms with Crippen molar-refractivity contribution in [1.82, 2.24) is 15.0 Å². The first-order chi connectivity index (χ1) is 16.9. The molecule has 4 aromatic rings. The number of carbonyl (C=O) groups excluding carboxylic acids is 2. The van der Waals surface area contributed by atoms with E-state index in [2.05, 4.69) is 23.4 Å². The van der Waals surface area contributed by atoms with Crippen molar-refractivity contribution < 1.29 is 14.7 Å². The number of para-hydroxylation sites is 1. The highest BCUT2D eigenvalue weighted by molar-refractivity contribution is 6.98. The Kier molecular flexibility index (Phi) is 4.59. The fourth-order valence-corrected chi connectivity index (χ4v) is 8.19. The summed E-state index contributed by atoms with van der Waals surface area (Å²) in [6.45, 7) is 4.36. The minimum atomic E-state index is -2.30. The number of ketones is 1. The van der Waals surface area contributed by atoms with Gasteiger partial charge in [-0.05, 0) is 75.1 Å². The SMILES string of the molecule is C[Si]1(C)C2=CC(=O)C=CC2=C(c2ccccc2C(=O)n2nnc3ccccc32)c2ccc(O)cc21. The van der Waals surface area contributed by atoms with Crippen LogP contribution in [-0.4, -0.2) is 39.9 Å². The van der Waals surface area contributed by atoms with E-state index >= 15 is 0 Å². The van der Waals surface area contributed by atoms with Crippen molar-refractivity contribution in [3.05, 3.63) is 112 Å². The molecule has 1 N–H and O–H groups in total. The number of nitrogens with zero attached hydrogens (tertiary/aromatic N) is 3. The van der Waals surface area contributed by atoms with Crippen molar-refractivity contribution in [2.45, 2.75) is 13.1 Å². The predicted molar refractivity (Wildman–Crippen MR) is 137 cm³/mol. The van der Waals surface area contributed by atoms with Crippen LogP contribution >= 0.6 is 0 Å². The average Bonchev–Trinajstić information content (AvgIpc) is 3.29. The highest BCUT2D eigenvalue weighted by atomic mass is 28.3. The molecule has 0 atom stereocenters. The molecule has 0 unspecified atom stereocenters. The van der Waals surface area contributed by atoms with E-state index in [1.807, 2.05) is 54.6 Å². The molecule has 3 aromatic carbocycles. The Morgan fingerprint density at radius 1 is 0.943 bits per heavy atom. The lowest BCUT2D eigenvalue weighted by Gasteiger charge is -2.37.